The van der Waals surface area contributed by atoms with Crippen molar-refractivity contribution in [2.45, 2.75) is 6.92 Å². The van der Waals surface area contributed by atoms with Gasteiger partial charge in [0.2, 0.25) is 5.95 Å². The number of aliphatic imine (C=N–C) groups is 1. The van der Waals surface area contributed by atoms with Gasteiger partial charge in [-0.05, 0) is 13.0 Å². The largest absolute Gasteiger partial charge is 0.454 e. The number of aromatic nitrogens is 3. The number of anilines is 1. The van der Waals surface area contributed by atoms with Crippen molar-refractivity contribution < 1.29 is 18.3 Å². The minimum Gasteiger partial charge on any atom is -0.454 e. The summed E-state index contributed by atoms with van der Waals surface area (Å²) in [5, 5.41) is 4.80. The van der Waals surface area contributed by atoms with Crippen molar-refractivity contribution in [2.24, 2.45) is 10.7 Å². The molecule has 8 nitrogen and oxygen atoms in total. The van der Waals surface area contributed by atoms with Gasteiger partial charge in [0.25, 0.3) is 5.91 Å². The van der Waals surface area contributed by atoms with E-state index in [1.807, 2.05) is 0 Å². The van der Waals surface area contributed by atoms with Gasteiger partial charge in [0.15, 0.2) is 16.8 Å². The Morgan fingerprint density at radius 1 is 1.30 bits per heavy atom. The van der Waals surface area contributed by atoms with Crippen LogP contribution < -0.4 is 15.8 Å². The summed E-state index contributed by atoms with van der Waals surface area (Å²) >= 11 is 1.26. The SMILES string of the molecule is Cc1csc(NC(=O)c2cc(Oc3cnc(F)c(F)c3)cnc2/N=C\N)n1. The second-order valence-electron chi connectivity index (χ2n) is 5.11. The first-order chi connectivity index (χ1) is 13.0. The number of aryl methyl sites for hydroxylation is 1. The number of thiazole rings is 1. The van der Waals surface area contributed by atoms with E-state index in [1.54, 1.807) is 12.3 Å². The van der Waals surface area contributed by atoms with Crippen LogP contribution >= 0.6 is 11.3 Å². The molecular formula is C16H12F2N6O2S. The van der Waals surface area contributed by atoms with Crippen LogP contribution in [-0.2, 0) is 0 Å². The molecule has 0 aliphatic rings. The predicted molar refractivity (Wildman–Crippen MR) is 95.6 cm³/mol. The molecule has 3 aromatic rings. The molecule has 3 aromatic heterocycles. The van der Waals surface area contributed by atoms with Crippen molar-refractivity contribution in [1.29, 1.82) is 0 Å². The first-order valence-electron chi connectivity index (χ1n) is 7.43. The summed E-state index contributed by atoms with van der Waals surface area (Å²) in [5.41, 5.74) is 6.10. The van der Waals surface area contributed by atoms with Gasteiger partial charge in [-0.15, -0.1) is 11.3 Å². The Kier molecular flexibility index (Phi) is 5.31. The number of amides is 1. The molecule has 0 radical (unpaired) electrons. The first kappa shape index (κ1) is 18.3. The van der Waals surface area contributed by atoms with Crippen molar-refractivity contribution in [3.8, 4) is 11.5 Å². The summed E-state index contributed by atoms with van der Waals surface area (Å²) in [5.74, 6) is -2.86. The number of rotatable bonds is 5. The number of hydrogen-bond acceptors (Lipinski definition) is 7. The van der Waals surface area contributed by atoms with E-state index < -0.39 is 17.7 Å². The minimum absolute atomic E-state index is 0.0533. The Hall–Kier alpha value is -3.47. The molecule has 0 saturated heterocycles. The molecule has 3 rings (SSSR count). The van der Waals surface area contributed by atoms with Crippen molar-refractivity contribution >= 4 is 34.5 Å². The zero-order chi connectivity index (χ0) is 19.4. The Morgan fingerprint density at radius 3 is 2.70 bits per heavy atom. The van der Waals surface area contributed by atoms with E-state index >= 15 is 0 Å². The van der Waals surface area contributed by atoms with Gasteiger partial charge < -0.3 is 10.5 Å². The van der Waals surface area contributed by atoms with Crippen LogP contribution in [0.15, 0.2) is 34.9 Å². The van der Waals surface area contributed by atoms with Gasteiger partial charge in [-0.1, -0.05) is 0 Å². The molecule has 0 saturated carbocycles. The molecule has 3 N–H and O–H groups in total. The zero-order valence-electron chi connectivity index (χ0n) is 13.8. The molecule has 3 heterocycles. The van der Waals surface area contributed by atoms with Crippen molar-refractivity contribution in [3.63, 3.8) is 0 Å². The lowest BCUT2D eigenvalue weighted by molar-refractivity contribution is 0.102. The molecule has 11 heteroatoms. The standard InChI is InChI=1S/C16H12F2N6O2S/c1-8-6-27-16(23-8)24-15(25)11-2-9(5-21-14(11)22-7-19)26-10-3-12(17)13(18)20-4-10/h2-7H,1H3,(H2,19,21,22)(H,23,24,25). The van der Waals surface area contributed by atoms with Gasteiger partial charge in [0.05, 0.1) is 30.0 Å². The molecule has 0 aromatic carbocycles. The lowest BCUT2D eigenvalue weighted by Gasteiger charge is -2.09. The molecule has 0 atom stereocenters. The van der Waals surface area contributed by atoms with E-state index in [0.717, 1.165) is 24.3 Å². The molecule has 0 aliphatic carbocycles. The lowest BCUT2D eigenvalue weighted by atomic mass is 10.2. The highest BCUT2D eigenvalue weighted by Gasteiger charge is 2.16. The van der Waals surface area contributed by atoms with Gasteiger partial charge in [0, 0.05) is 11.4 Å². The highest BCUT2D eigenvalue weighted by molar-refractivity contribution is 7.13. The molecular weight excluding hydrogens is 378 g/mol. The molecule has 0 aliphatic heterocycles. The van der Waals surface area contributed by atoms with Crippen LogP contribution in [0.3, 0.4) is 0 Å². The molecule has 0 spiro atoms. The van der Waals surface area contributed by atoms with E-state index in [9.17, 15) is 13.6 Å². The number of pyridine rings is 2. The fraction of sp³-hybridized carbons (Fsp3) is 0.0625. The third-order valence-corrected chi connectivity index (χ3v) is 4.00. The number of nitrogens with zero attached hydrogens (tertiary/aromatic N) is 4. The second kappa shape index (κ2) is 7.83. The third-order valence-electron chi connectivity index (χ3n) is 3.13. The normalized spacial score (nSPS) is 10.9. The Labute approximate surface area is 155 Å². The Morgan fingerprint density at radius 2 is 2.04 bits per heavy atom. The van der Waals surface area contributed by atoms with Gasteiger partial charge in [-0.2, -0.15) is 4.39 Å². The van der Waals surface area contributed by atoms with Gasteiger partial charge >= 0.3 is 0 Å². The van der Waals surface area contributed by atoms with E-state index in [-0.39, 0.29) is 22.9 Å². The van der Waals surface area contributed by atoms with E-state index in [4.69, 9.17) is 10.5 Å². The summed E-state index contributed by atoms with van der Waals surface area (Å²) in [6.45, 7) is 1.79. The summed E-state index contributed by atoms with van der Waals surface area (Å²) in [6, 6.07) is 2.17. The van der Waals surface area contributed by atoms with Crippen LogP contribution in [0, 0.1) is 18.7 Å². The van der Waals surface area contributed by atoms with Gasteiger partial charge in [-0.25, -0.2) is 24.3 Å². The van der Waals surface area contributed by atoms with Crippen LogP contribution in [0.2, 0.25) is 0 Å². The molecule has 0 fully saturated rings. The van der Waals surface area contributed by atoms with Crippen molar-refractivity contribution in [1.82, 2.24) is 15.0 Å². The van der Waals surface area contributed by atoms with E-state index in [0.29, 0.717) is 5.13 Å². The summed E-state index contributed by atoms with van der Waals surface area (Å²) in [7, 11) is 0. The van der Waals surface area contributed by atoms with Crippen LogP contribution in [0.5, 0.6) is 11.5 Å². The monoisotopic (exact) mass is 390 g/mol. The Balaban J connectivity index is 1.89. The molecule has 1 amide bonds. The van der Waals surface area contributed by atoms with E-state index in [2.05, 4.69) is 25.3 Å². The summed E-state index contributed by atoms with van der Waals surface area (Å²) < 4.78 is 31.6. The maximum atomic E-state index is 13.3. The van der Waals surface area contributed by atoms with Gasteiger partial charge in [-0.3, -0.25) is 10.1 Å². The fourth-order valence-electron chi connectivity index (χ4n) is 2.01. The number of nitrogens with one attached hydrogen (secondary N) is 1. The van der Waals surface area contributed by atoms with Crippen molar-refractivity contribution in [2.75, 3.05) is 5.32 Å². The number of ether oxygens (including phenoxy) is 1. The number of carbonyl (C=O) groups is 1. The smallest absolute Gasteiger partial charge is 0.261 e. The number of nitrogens with two attached hydrogens (primary N) is 1. The number of carbonyl (C=O) groups excluding carboxylic acids is 1. The molecule has 0 unspecified atom stereocenters. The molecule has 0 bridgehead atoms. The highest BCUT2D eigenvalue weighted by atomic mass is 32.1. The highest BCUT2D eigenvalue weighted by Crippen LogP contribution is 2.27. The quantitative estimate of drug-likeness (QED) is 0.393. The van der Waals surface area contributed by atoms with Crippen LogP contribution in [0.4, 0.5) is 19.7 Å². The van der Waals surface area contributed by atoms with Crippen LogP contribution in [0.25, 0.3) is 0 Å². The maximum absolute atomic E-state index is 13.3. The summed E-state index contributed by atoms with van der Waals surface area (Å²) in [6.07, 6.45) is 3.25. The topological polar surface area (TPSA) is 115 Å². The lowest BCUT2D eigenvalue weighted by Crippen LogP contribution is -2.13. The van der Waals surface area contributed by atoms with Crippen LogP contribution in [-0.4, -0.2) is 27.2 Å². The zero-order valence-corrected chi connectivity index (χ0v) is 14.6. The van der Waals surface area contributed by atoms with Gasteiger partial charge in [0.1, 0.15) is 11.5 Å². The second-order valence-corrected chi connectivity index (χ2v) is 5.97. The first-order valence-corrected chi connectivity index (χ1v) is 8.31. The minimum atomic E-state index is -1.24. The van der Waals surface area contributed by atoms with Crippen LogP contribution in [0.1, 0.15) is 16.1 Å². The predicted octanol–water partition coefficient (Wildman–Crippen LogP) is 3.18. The average Bonchev–Trinajstić information content (AvgIpc) is 3.04. The number of hydrogen-bond donors (Lipinski definition) is 2. The Bertz CT molecular complexity index is 1020. The van der Waals surface area contributed by atoms with E-state index in [1.165, 1.54) is 23.6 Å². The fourth-order valence-corrected chi connectivity index (χ4v) is 2.69. The third kappa shape index (κ3) is 4.39. The number of halogens is 2. The maximum Gasteiger partial charge on any atom is 0.261 e. The average molecular weight is 390 g/mol. The molecule has 138 valence electrons. The van der Waals surface area contributed by atoms with Crippen molar-refractivity contribution in [3.05, 3.63) is 52.9 Å². The molecule has 27 heavy (non-hydrogen) atoms. The summed E-state index contributed by atoms with van der Waals surface area (Å²) in [4.78, 5) is 27.8.